The van der Waals surface area contributed by atoms with E-state index in [0.29, 0.717) is 24.4 Å². The Hall–Kier alpha value is -4.34. The highest BCUT2D eigenvalue weighted by atomic mass is 32.2. The van der Waals surface area contributed by atoms with Gasteiger partial charge in [0.15, 0.2) is 0 Å². The number of benzene rings is 3. The lowest BCUT2D eigenvalue weighted by atomic mass is 9.98. The number of hydrogen-bond donors (Lipinski definition) is 3. The number of rotatable bonds is 10. The Bertz CT molecular complexity index is 1570. The molecule has 0 saturated carbocycles. The molecule has 2 heterocycles. The first-order chi connectivity index (χ1) is 20.2. The summed E-state index contributed by atoms with van der Waals surface area (Å²) in [6.45, 7) is 4.73. The van der Waals surface area contributed by atoms with Crippen LogP contribution in [0.15, 0.2) is 101 Å². The minimum atomic E-state index is -0.683. The topological polar surface area (TPSA) is 118 Å². The molecule has 0 aliphatic carbocycles. The van der Waals surface area contributed by atoms with Crippen LogP contribution >= 0.6 is 11.8 Å². The van der Waals surface area contributed by atoms with Crippen molar-refractivity contribution >= 4 is 35.2 Å². The number of carbonyl (C=O) groups excluding carboxylic acids is 3. The quantitative estimate of drug-likeness (QED) is 0.239. The fourth-order valence-electron chi connectivity index (χ4n) is 4.99. The Morgan fingerprint density at radius 2 is 1.74 bits per heavy atom. The summed E-state index contributed by atoms with van der Waals surface area (Å²) < 4.78 is 5.38. The van der Waals surface area contributed by atoms with Gasteiger partial charge in [0.2, 0.25) is 11.8 Å². The van der Waals surface area contributed by atoms with Gasteiger partial charge in [0.1, 0.15) is 11.8 Å². The molecular weight excluding hydrogens is 548 g/mol. The number of nitrogens with zero attached hydrogens (tertiary/aromatic N) is 1. The van der Waals surface area contributed by atoms with Crippen LogP contribution in [0.1, 0.15) is 41.9 Å². The van der Waals surface area contributed by atoms with Crippen LogP contribution in [-0.2, 0) is 22.7 Å². The Balaban J connectivity index is 1.31. The summed E-state index contributed by atoms with van der Waals surface area (Å²) in [6, 6.07) is 25.8. The van der Waals surface area contributed by atoms with E-state index in [2.05, 4.69) is 10.6 Å². The van der Waals surface area contributed by atoms with Gasteiger partial charge >= 0.3 is 0 Å². The highest BCUT2D eigenvalue weighted by Gasteiger charge is 2.33. The van der Waals surface area contributed by atoms with Crippen molar-refractivity contribution in [2.75, 3.05) is 10.7 Å². The van der Waals surface area contributed by atoms with Crippen LogP contribution in [0, 0.1) is 0 Å². The number of thioether (sulfide) groups is 1. The third kappa shape index (κ3) is 6.92. The molecule has 0 spiro atoms. The van der Waals surface area contributed by atoms with Crippen LogP contribution in [0.4, 0.5) is 5.69 Å². The lowest BCUT2D eigenvalue weighted by Gasteiger charge is -2.28. The lowest BCUT2D eigenvalue weighted by molar-refractivity contribution is -0.127. The van der Waals surface area contributed by atoms with E-state index >= 15 is 0 Å². The summed E-state index contributed by atoms with van der Waals surface area (Å²) in [5.41, 5.74) is 8.87. The average Bonchev–Trinajstić information content (AvgIpc) is 3.47. The van der Waals surface area contributed by atoms with Crippen LogP contribution in [0.5, 0.6) is 0 Å². The van der Waals surface area contributed by atoms with E-state index in [1.807, 2.05) is 86.6 Å². The Labute approximate surface area is 249 Å². The first-order valence-corrected chi connectivity index (χ1v) is 14.8. The van der Waals surface area contributed by atoms with E-state index < -0.39 is 17.5 Å². The standard InChI is InChI=1S/C33H34N4O4S/c1-33(2,35-19-24-8-7-17-41-24)18-30(38)36-27-21-42-29-12-6-5-11-28(29)37(32(27)40)20-22-13-15-23(16-14-22)25-9-3-4-10-26(25)31(34)39/h3-17,27,35H,18-21H2,1-2H3,(H2,34,39)(H,36,38)/t27-/m1/s1. The van der Waals surface area contributed by atoms with Crippen molar-refractivity contribution in [2.45, 2.75) is 49.8 Å². The SMILES string of the molecule is CC(C)(CC(=O)N[C@@H]1CSc2ccccc2N(Cc2ccc(-c3ccccc3C(N)=O)cc2)C1=O)NCc1ccco1. The van der Waals surface area contributed by atoms with Crippen LogP contribution in [-0.4, -0.2) is 35.1 Å². The van der Waals surface area contributed by atoms with Crippen LogP contribution in [0.2, 0.25) is 0 Å². The summed E-state index contributed by atoms with van der Waals surface area (Å²) in [6.07, 6.45) is 1.82. The molecule has 1 aromatic heterocycles. The molecule has 0 radical (unpaired) electrons. The summed E-state index contributed by atoms with van der Waals surface area (Å²) in [7, 11) is 0. The molecule has 0 fully saturated rings. The molecule has 0 bridgehead atoms. The summed E-state index contributed by atoms with van der Waals surface area (Å²) in [5.74, 6) is 0.377. The van der Waals surface area contributed by atoms with Gasteiger partial charge in [-0.2, -0.15) is 0 Å². The number of furan rings is 1. The van der Waals surface area contributed by atoms with Gasteiger partial charge in [-0.25, -0.2) is 0 Å². The third-order valence-corrected chi connectivity index (χ3v) is 8.34. The zero-order chi connectivity index (χ0) is 29.7. The maximum absolute atomic E-state index is 13.9. The first kappa shape index (κ1) is 29.2. The van der Waals surface area contributed by atoms with Gasteiger partial charge in [-0.15, -0.1) is 11.8 Å². The molecule has 9 heteroatoms. The zero-order valence-electron chi connectivity index (χ0n) is 23.6. The molecule has 0 unspecified atom stereocenters. The van der Waals surface area contributed by atoms with Gasteiger partial charge in [0.25, 0.3) is 5.91 Å². The first-order valence-electron chi connectivity index (χ1n) is 13.8. The molecule has 216 valence electrons. The Morgan fingerprint density at radius 3 is 2.48 bits per heavy atom. The van der Waals surface area contributed by atoms with E-state index in [-0.39, 0.29) is 18.2 Å². The third-order valence-electron chi connectivity index (χ3n) is 7.18. The Morgan fingerprint density at radius 1 is 1.00 bits per heavy atom. The van der Waals surface area contributed by atoms with E-state index in [1.54, 1.807) is 35.1 Å². The molecular formula is C33H34N4O4S. The van der Waals surface area contributed by atoms with Gasteiger partial charge in [-0.3, -0.25) is 14.4 Å². The molecule has 1 aliphatic rings. The molecule has 3 aromatic carbocycles. The molecule has 0 saturated heterocycles. The minimum absolute atomic E-state index is 0.162. The van der Waals surface area contributed by atoms with Crippen molar-refractivity contribution in [2.24, 2.45) is 5.73 Å². The van der Waals surface area contributed by atoms with Gasteiger partial charge in [0, 0.05) is 28.2 Å². The number of nitrogens with two attached hydrogens (primary N) is 1. The number of fused-ring (bicyclic) bond motifs is 1. The molecule has 1 atom stereocenters. The van der Waals surface area contributed by atoms with Crippen LogP contribution in [0.3, 0.4) is 0 Å². The molecule has 4 aromatic rings. The van der Waals surface area contributed by atoms with Crippen molar-refractivity contribution in [3.8, 4) is 11.1 Å². The summed E-state index contributed by atoms with van der Waals surface area (Å²) in [4.78, 5) is 41.7. The smallest absolute Gasteiger partial charge is 0.250 e. The van der Waals surface area contributed by atoms with E-state index in [1.165, 1.54) is 0 Å². The largest absolute Gasteiger partial charge is 0.468 e. The Kier molecular flexibility index (Phi) is 8.80. The lowest BCUT2D eigenvalue weighted by Crippen LogP contribution is -2.51. The average molecular weight is 583 g/mol. The maximum Gasteiger partial charge on any atom is 0.250 e. The van der Waals surface area contributed by atoms with Crippen molar-refractivity contribution in [3.63, 3.8) is 0 Å². The number of amides is 3. The zero-order valence-corrected chi connectivity index (χ0v) is 24.4. The van der Waals surface area contributed by atoms with Gasteiger partial charge in [-0.1, -0.05) is 54.6 Å². The molecule has 1 aliphatic heterocycles. The van der Waals surface area contributed by atoms with Crippen molar-refractivity contribution in [1.29, 1.82) is 0 Å². The van der Waals surface area contributed by atoms with Crippen LogP contribution < -0.4 is 21.3 Å². The second kappa shape index (κ2) is 12.7. The number of para-hydroxylation sites is 1. The predicted molar refractivity (Wildman–Crippen MR) is 165 cm³/mol. The minimum Gasteiger partial charge on any atom is -0.468 e. The normalized spacial score (nSPS) is 15.1. The predicted octanol–water partition coefficient (Wildman–Crippen LogP) is 5.13. The molecule has 3 amide bonds. The van der Waals surface area contributed by atoms with Gasteiger partial charge < -0.3 is 25.7 Å². The highest BCUT2D eigenvalue weighted by Crippen LogP contribution is 2.35. The van der Waals surface area contributed by atoms with Crippen molar-refractivity contribution in [1.82, 2.24) is 10.6 Å². The molecule has 8 nitrogen and oxygen atoms in total. The monoisotopic (exact) mass is 582 g/mol. The van der Waals surface area contributed by atoms with E-state index in [9.17, 15) is 14.4 Å². The van der Waals surface area contributed by atoms with Crippen molar-refractivity contribution in [3.05, 3.63) is 108 Å². The highest BCUT2D eigenvalue weighted by molar-refractivity contribution is 7.99. The second-order valence-corrected chi connectivity index (χ2v) is 12.0. The second-order valence-electron chi connectivity index (χ2n) is 10.9. The van der Waals surface area contributed by atoms with Gasteiger partial charge in [-0.05, 0) is 60.9 Å². The number of nitrogens with one attached hydrogen (secondary N) is 2. The van der Waals surface area contributed by atoms with E-state index in [0.717, 1.165) is 33.0 Å². The fraction of sp³-hybridized carbons (Fsp3) is 0.242. The number of hydrogen-bond acceptors (Lipinski definition) is 6. The number of primary amides is 1. The van der Waals surface area contributed by atoms with Crippen LogP contribution in [0.25, 0.3) is 11.1 Å². The maximum atomic E-state index is 13.9. The number of anilines is 1. The molecule has 42 heavy (non-hydrogen) atoms. The number of carbonyl (C=O) groups is 3. The molecule has 5 rings (SSSR count). The fourth-order valence-corrected chi connectivity index (χ4v) is 6.06. The molecule has 4 N–H and O–H groups in total. The van der Waals surface area contributed by atoms with Crippen molar-refractivity contribution < 1.29 is 18.8 Å². The van der Waals surface area contributed by atoms with E-state index in [4.69, 9.17) is 10.2 Å². The van der Waals surface area contributed by atoms with Gasteiger partial charge in [0.05, 0.1) is 25.0 Å². The summed E-state index contributed by atoms with van der Waals surface area (Å²) in [5, 5.41) is 6.35. The summed E-state index contributed by atoms with van der Waals surface area (Å²) >= 11 is 1.56.